The van der Waals surface area contributed by atoms with E-state index in [0.29, 0.717) is 31.0 Å². The first-order valence-corrected chi connectivity index (χ1v) is 10.5. The highest BCUT2D eigenvalue weighted by atomic mass is 19.3. The molecule has 9 heteroatoms. The molecule has 32 heavy (non-hydrogen) atoms. The van der Waals surface area contributed by atoms with Gasteiger partial charge in [-0.3, -0.25) is 4.79 Å². The molecule has 0 aliphatic carbocycles. The van der Waals surface area contributed by atoms with Crippen LogP contribution >= 0.6 is 0 Å². The van der Waals surface area contributed by atoms with Crippen molar-refractivity contribution in [3.63, 3.8) is 0 Å². The molecule has 0 aliphatic rings. The molecule has 0 spiro atoms. The van der Waals surface area contributed by atoms with Crippen molar-refractivity contribution in [1.29, 1.82) is 0 Å². The van der Waals surface area contributed by atoms with Gasteiger partial charge in [0.1, 0.15) is 5.75 Å². The number of rotatable bonds is 11. The van der Waals surface area contributed by atoms with Gasteiger partial charge in [-0.25, -0.2) is 4.99 Å². The quantitative estimate of drug-likeness (QED) is 0.310. The van der Waals surface area contributed by atoms with Crippen molar-refractivity contribution in [1.82, 2.24) is 10.6 Å². The molecule has 0 heterocycles. The first-order chi connectivity index (χ1) is 15.4. The second-order valence-electron chi connectivity index (χ2n) is 7.03. The van der Waals surface area contributed by atoms with E-state index in [1.165, 1.54) is 24.3 Å². The summed E-state index contributed by atoms with van der Waals surface area (Å²) < 4.78 is 28.8. The predicted molar refractivity (Wildman–Crippen MR) is 121 cm³/mol. The molecule has 2 aromatic rings. The van der Waals surface area contributed by atoms with Crippen LogP contribution in [0, 0.1) is 0 Å². The molecule has 0 fully saturated rings. The van der Waals surface area contributed by atoms with E-state index in [9.17, 15) is 18.7 Å². The molecule has 4 N–H and O–H groups in total. The number of aliphatic hydroxyl groups is 1. The number of alkyl halides is 2. The van der Waals surface area contributed by atoms with Crippen LogP contribution in [0.15, 0.2) is 53.5 Å². The highest BCUT2D eigenvalue weighted by molar-refractivity contribution is 5.90. The summed E-state index contributed by atoms with van der Waals surface area (Å²) in [6.45, 7) is 2.24. The number of aliphatic hydroxyl groups excluding tert-OH is 1. The van der Waals surface area contributed by atoms with Crippen molar-refractivity contribution in [2.24, 2.45) is 4.99 Å². The summed E-state index contributed by atoms with van der Waals surface area (Å²) >= 11 is 0. The van der Waals surface area contributed by atoms with Gasteiger partial charge in [0, 0.05) is 25.2 Å². The standard InChI is InChI=1S/C23H30F2N4O3/c1-3-5-21(31)29-18-10-6-16(7-11-18)14-27-23(26-4-2)28-15-20(30)17-8-12-19(13-9-17)32-22(24)25/h6-13,20,22,30H,3-5,14-15H2,1-2H3,(H,29,31)(H2,26,27,28). The summed E-state index contributed by atoms with van der Waals surface area (Å²) in [4.78, 5) is 16.2. The van der Waals surface area contributed by atoms with Crippen LogP contribution in [0.5, 0.6) is 5.75 Å². The monoisotopic (exact) mass is 448 g/mol. The molecule has 7 nitrogen and oxygen atoms in total. The van der Waals surface area contributed by atoms with Crippen LogP contribution in [0.1, 0.15) is 43.9 Å². The summed E-state index contributed by atoms with van der Waals surface area (Å²) in [6, 6.07) is 13.3. The largest absolute Gasteiger partial charge is 0.435 e. The first-order valence-electron chi connectivity index (χ1n) is 10.5. The Labute approximate surface area is 186 Å². The van der Waals surface area contributed by atoms with Gasteiger partial charge in [0.25, 0.3) is 0 Å². The van der Waals surface area contributed by atoms with Crippen LogP contribution in [-0.4, -0.2) is 36.7 Å². The second-order valence-corrected chi connectivity index (χ2v) is 7.03. The molecule has 0 aromatic heterocycles. The van der Waals surface area contributed by atoms with Crippen LogP contribution in [0.3, 0.4) is 0 Å². The number of guanidine groups is 1. The fourth-order valence-corrected chi connectivity index (χ4v) is 2.84. The van der Waals surface area contributed by atoms with Crippen LogP contribution in [0.25, 0.3) is 0 Å². The van der Waals surface area contributed by atoms with E-state index in [1.54, 1.807) is 0 Å². The lowest BCUT2D eigenvalue weighted by atomic mass is 10.1. The lowest BCUT2D eigenvalue weighted by molar-refractivity contribution is -0.116. The highest BCUT2D eigenvalue weighted by Crippen LogP contribution is 2.19. The second kappa shape index (κ2) is 13.3. The van der Waals surface area contributed by atoms with Crippen molar-refractivity contribution >= 4 is 17.6 Å². The van der Waals surface area contributed by atoms with Gasteiger partial charge in [-0.1, -0.05) is 31.2 Å². The Kier molecular flexibility index (Phi) is 10.4. The topological polar surface area (TPSA) is 95.0 Å². The van der Waals surface area contributed by atoms with E-state index in [0.717, 1.165) is 17.7 Å². The minimum Gasteiger partial charge on any atom is -0.435 e. The zero-order valence-corrected chi connectivity index (χ0v) is 18.3. The number of nitrogens with one attached hydrogen (secondary N) is 3. The number of amides is 1. The molecular formula is C23H30F2N4O3. The Morgan fingerprint density at radius 1 is 1.06 bits per heavy atom. The third kappa shape index (κ3) is 8.89. The smallest absolute Gasteiger partial charge is 0.387 e. The van der Waals surface area contributed by atoms with Gasteiger partial charge < -0.3 is 25.8 Å². The SMILES string of the molecule is CCCC(=O)Nc1ccc(CN=C(NCC)NCC(O)c2ccc(OC(F)F)cc2)cc1. The van der Waals surface area contributed by atoms with E-state index in [2.05, 4.69) is 25.7 Å². The molecule has 0 saturated carbocycles. The minimum atomic E-state index is -2.89. The van der Waals surface area contributed by atoms with Gasteiger partial charge in [-0.05, 0) is 48.7 Å². The number of benzene rings is 2. The van der Waals surface area contributed by atoms with Gasteiger partial charge in [-0.2, -0.15) is 8.78 Å². The maximum Gasteiger partial charge on any atom is 0.387 e. The molecule has 0 saturated heterocycles. The van der Waals surface area contributed by atoms with E-state index >= 15 is 0 Å². The minimum absolute atomic E-state index is 0.00773. The average molecular weight is 449 g/mol. The lowest BCUT2D eigenvalue weighted by Gasteiger charge is -2.16. The zero-order chi connectivity index (χ0) is 23.3. The number of ether oxygens (including phenoxy) is 1. The molecular weight excluding hydrogens is 418 g/mol. The molecule has 1 unspecified atom stereocenters. The molecule has 0 bridgehead atoms. The number of hydrogen-bond acceptors (Lipinski definition) is 4. The number of halogens is 2. The number of hydrogen-bond donors (Lipinski definition) is 4. The Bertz CT molecular complexity index is 859. The summed E-state index contributed by atoms with van der Waals surface area (Å²) in [7, 11) is 0. The first kappa shape index (κ1) is 25.1. The van der Waals surface area contributed by atoms with Crippen molar-refractivity contribution in [2.75, 3.05) is 18.4 Å². The Hall–Kier alpha value is -3.20. The van der Waals surface area contributed by atoms with Gasteiger partial charge in [0.05, 0.1) is 12.6 Å². The lowest BCUT2D eigenvalue weighted by Crippen LogP contribution is -2.39. The summed E-state index contributed by atoms with van der Waals surface area (Å²) in [5.74, 6) is 0.561. The van der Waals surface area contributed by atoms with Gasteiger partial charge in [0.2, 0.25) is 5.91 Å². The van der Waals surface area contributed by atoms with E-state index in [-0.39, 0.29) is 18.2 Å². The Balaban J connectivity index is 1.90. The summed E-state index contributed by atoms with van der Waals surface area (Å²) in [6.07, 6.45) is 0.431. The Morgan fingerprint density at radius 3 is 2.34 bits per heavy atom. The van der Waals surface area contributed by atoms with Crippen LogP contribution in [0.4, 0.5) is 14.5 Å². The summed E-state index contributed by atoms with van der Waals surface area (Å²) in [5, 5.41) is 19.4. The average Bonchev–Trinajstić information content (AvgIpc) is 2.76. The van der Waals surface area contributed by atoms with Crippen molar-refractivity contribution in [3.05, 3.63) is 59.7 Å². The fourth-order valence-electron chi connectivity index (χ4n) is 2.84. The predicted octanol–water partition coefficient (Wildman–Crippen LogP) is 3.82. The van der Waals surface area contributed by atoms with Crippen molar-refractivity contribution in [3.8, 4) is 5.75 Å². The summed E-state index contributed by atoms with van der Waals surface area (Å²) in [5.41, 5.74) is 2.27. The molecule has 2 aromatic carbocycles. The van der Waals surface area contributed by atoms with Crippen LogP contribution in [-0.2, 0) is 11.3 Å². The molecule has 1 atom stereocenters. The van der Waals surface area contributed by atoms with Crippen LogP contribution in [0.2, 0.25) is 0 Å². The molecule has 174 valence electrons. The van der Waals surface area contributed by atoms with Crippen molar-refractivity contribution < 1.29 is 23.4 Å². The zero-order valence-electron chi connectivity index (χ0n) is 18.3. The molecule has 0 radical (unpaired) electrons. The highest BCUT2D eigenvalue weighted by Gasteiger charge is 2.10. The maximum atomic E-state index is 12.2. The normalized spacial score (nSPS) is 12.4. The third-order valence-corrected chi connectivity index (χ3v) is 4.43. The van der Waals surface area contributed by atoms with E-state index < -0.39 is 12.7 Å². The number of carbonyl (C=O) groups is 1. The van der Waals surface area contributed by atoms with Gasteiger partial charge in [0.15, 0.2) is 5.96 Å². The Morgan fingerprint density at radius 2 is 1.75 bits per heavy atom. The van der Waals surface area contributed by atoms with Gasteiger partial charge in [-0.15, -0.1) is 0 Å². The molecule has 1 amide bonds. The van der Waals surface area contributed by atoms with Crippen molar-refractivity contribution in [2.45, 2.75) is 45.9 Å². The number of carbonyl (C=O) groups excluding carboxylic acids is 1. The molecule has 0 aliphatic heterocycles. The van der Waals surface area contributed by atoms with E-state index in [1.807, 2.05) is 38.1 Å². The number of anilines is 1. The number of nitrogens with zero attached hydrogens (tertiary/aromatic N) is 1. The van der Waals surface area contributed by atoms with E-state index in [4.69, 9.17) is 0 Å². The van der Waals surface area contributed by atoms with Crippen LogP contribution < -0.4 is 20.7 Å². The maximum absolute atomic E-state index is 12.2. The molecule has 2 rings (SSSR count). The number of aliphatic imine (C=N–C) groups is 1. The van der Waals surface area contributed by atoms with Gasteiger partial charge >= 0.3 is 6.61 Å². The fraction of sp³-hybridized carbons (Fsp3) is 0.391. The third-order valence-electron chi connectivity index (χ3n) is 4.43.